The summed E-state index contributed by atoms with van der Waals surface area (Å²) in [6.07, 6.45) is -3.65. The first-order chi connectivity index (χ1) is 11.1. The van der Waals surface area contributed by atoms with Gasteiger partial charge in [-0.15, -0.1) is 0 Å². The molecule has 0 radical (unpaired) electrons. The third kappa shape index (κ3) is 5.04. The van der Waals surface area contributed by atoms with Gasteiger partial charge in [-0.2, -0.15) is 13.2 Å². The molecule has 0 bridgehead atoms. The second kappa shape index (κ2) is 6.98. The molecular formula is C15H17F3N2O4. The number of aliphatic carboxylic acids is 1. The average molecular weight is 346 g/mol. The van der Waals surface area contributed by atoms with Crippen molar-refractivity contribution in [2.45, 2.75) is 32.0 Å². The maximum atomic E-state index is 12.1. The number of alkyl halides is 3. The molecule has 0 atom stereocenters. The molecule has 9 heteroatoms. The average Bonchev–Trinajstić information content (AvgIpc) is 2.40. The molecule has 3 N–H and O–H groups in total. The summed E-state index contributed by atoms with van der Waals surface area (Å²) in [5.74, 6) is -1.22. The van der Waals surface area contributed by atoms with Crippen molar-refractivity contribution >= 4 is 17.7 Å². The van der Waals surface area contributed by atoms with Gasteiger partial charge in [-0.1, -0.05) is 0 Å². The molecule has 1 saturated carbocycles. The normalized spacial score (nSPS) is 20.0. The third-order valence-electron chi connectivity index (χ3n) is 3.65. The maximum absolute atomic E-state index is 12.1. The number of halogens is 3. The predicted molar refractivity (Wildman–Crippen MR) is 79.0 cm³/mol. The van der Waals surface area contributed by atoms with Crippen LogP contribution in [0, 0.1) is 12.8 Å². The highest BCUT2D eigenvalue weighted by molar-refractivity contribution is 5.90. The molecular weight excluding hydrogens is 329 g/mol. The van der Waals surface area contributed by atoms with E-state index in [2.05, 4.69) is 15.4 Å². The number of aryl methyl sites for hydroxylation is 1. The van der Waals surface area contributed by atoms with Crippen LogP contribution >= 0.6 is 0 Å². The first-order valence-corrected chi connectivity index (χ1v) is 7.24. The van der Waals surface area contributed by atoms with Crippen LogP contribution in [0.5, 0.6) is 5.75 Å². The van der Waals surface area contributed by atoms with Gasteiger partial charge in [0.1, 0.15) is 5.75 Å². The molecule has 2 amide bonds. The zero-order valence-electron chi connectivity index (χ0n) is 12.8. The van der Waals surface area contributed by atoms with Crippen molar-refractivity contribution in [2.24, 2.45) is 5.92 Å². The first-order valence-electron chi connectivity index (χ1n) is 7.24. The van der Waals surface area contributed by atoms with Gasteiger partial charge in [-0.3, -0.25) is 4.79 Å². The van der Waals surface area contributed by atoms with Crippen LogP contribution in [0.1, 0.15) is 18.4 Å². The molecule has 132 valence electrons. The summed E-state index contributed by atoms with van der Waals surface area (Å²) in [5.41, 5.74) is 0.852. The number of carbonyl (C=O) groups is 2. The minimum atomic E-state index is -4.42. The van der Waals surface area contributed by atoms with E-state index in [1.807, 2.05) is 0 Å². The van der Waals surface area contributed by atoms with E-state index in [1.54, 1.807) is 6.92 Å². The summed E-state index contributed by atoms with van der Waals surface area (Å²) in [5, 5.41) is 13.9. The standard InChI is InChI=1S/C15H17F3N2O4/c1-8-4-10(2-3-12(8)24-7-15(16,17)18)19-14(23)20-11-5-9(6-11)13(21)22/h2-4,9,11H,5-7H2,1H3,(H,21,22)(H2,19,20,23). The molecule has 1 aliphatic rings. The highest BCUT2D eigenvalue weighted by atomic mass is 19.4. The second-order valence-corrected chi connectivity index (χ2v) is 5.69. The Morgan fingerprint density at radius 3 is 2.54 bits per heavy atom. The first kappa shape index (κ1) is 17.9. The van der Waals surface area contributed by atoms with E-state index < -0.39 is 30.7 Å². The number of carboxylic acid groups (broad SMARTS) is 1. The zero-order valence-corrected chi connectivity index (χ0v) is 12.8. The van der Waals surface area contributed by atoms with E-state index >= 15 is 0 Å². The Balaban J connectivity index is 1.83. The lowest BCUT2D eigenvalue weighted by Gasteiger charge is -2.32. The van der Waals surface area contributed by atoms with Crippen molar-refractivity contribution in [1.29, 1.82) is 0 Å². The van der Waals surface area contributed by atoms with Crippen LogP contribution in [0.3, 0.4) is 0 Å². The van der Waals surface area contributed by atoms with Crippen LogP contribution in [0.2, 0.25) is 0 Å². The summed E-state index contributed by atoms with van der Waals surface area (Å²) >= 11 is 0. The second-order valence-electron chi connectivity index (χ2n) is 5.69. The topological polar surface area (TPSA) is 87.7 Å². The van der Waals surface area contributed by atoms with E-state index in [9.17, 15) is 22.8 Å². The fourth-order valence-corrected chi connectivity index (χ4v) is 2.34. The summed E-state index contributed by atoms with van der Waals surface area (Å²) in [4.78, 5) is 22.5. The molecule has 1 fully saturated rings. The highest BCUT2D eigenvalue weighted by Crippen LogP contribution is 2.28. The number of hydrogen-bond acceptors (Lipinski definition) is 3. The summed E-state index contributed by atoms with van der Waals surface area (Å²) in [6.45, 7) is 0.186. The van der Waals surface area contributed by atoms with Crippen molar-refractivity contribution in [2.75, 3.05) is 11.9 Å². The van der Waals surface area contributed by atoms with Crippen LogP contribution < -0.4 is 15.4 Å². The minimum Gasteiger partial charge on any atom is -0.484 e. The smallest absolute Gasteiger partial charge is 0.422 e. The van der Waals surface area contributed by atoms with Crippen molar-refractivity contribution in [3.63, 3.8) is 0 Å². The number of anilines is 1. The molecule has 0 spiro atoms. The number of hydrogen-bond donors (Lipinski definition) is 3. The fourth-order valence-electron chi connectivity index (χ4n) is 2.34. The highest BCUT2D eigenvalue weighted by Gasteiger charge is 2.35. The molecule has 1 aliphatic carbocycles. The van der Waals surface area contributed by atoms with Crippen molar-refractivity contribution in [1.82, 2.24) is 5.32 Å². The third-order valence-corrected chi connectivity index (χ3v) is 3.65. The lowest BCUT2D eigenvalue weighted by Crippen LogP contribution is -2.48. The summed E-state index contributed by atoms with van der Waals surface area (Å²) in [7, 11) is 0. The number of amides is 2. The van der Waals surface area contributed by atoms with E-state index in [-0.39, 0.29) is 11.8 Å². The molecule has 0 saturated heterocycles. The summed E-state index contributed by atoms with van der Waals surface area (Å²) in [6, 6.07) is 3.58. The van der Waals surface area contributed by atoms with E-state index in [0.717, 1.165) is 0 Å². The molecule has 6 nitrogen and oxygen atoms in total. The van der Waals surface area contributed by atoms with Gasteiger partial charge < -0.3 is 20.5 Å². The minimum absolute atomic E-state index is 0.0848. The van der Waals surface area contributed by atoms with Gasteiger partial charge in [0, 0.05) is 11.7 Å². The van der Waals surface area contributed by atoms with E-state index in [1.165, 1.54) is 18.2 Å². The Morgan fingerprint density at radius 1 is 1.33 bits per heavy atom. The lowest BCUT2D eigenvalue weighted by atomic mass is 9.80. The van der Waals surface area contributed by atoms with Gasteiger partial charge >= 0.3 is 18.2 Å². The molecule has 0 unspecified atom stereocenters. The number of carboxylic acids is 1. The quantitative estimate of drug-likeness (QED) is 0.765. The van der Waals surface area contributed by atoms with Crippen molar-refractivity contribution in [3.05, 3.63) is 23.8 Å². The van der Waals surface area contributed by atoms with Gasteiger partial charge in [-0.05, 0) is 43.5 Å². The SMILES string of the molecule is Cc1cc(NC(=O)NC2CC(C(=O)O)C2)ccc1OCC(F)(F)F. The fraction of sp³-hybridized carbons (Fsp3) is 0.467. The molecule has 1 aromatic rings. The summed E-state index contributed by atoms with van der Waals surface area (Å²) < 4.78 is 41.1. The Morgan fingerprint density at radius 2 is 2.00 bits per heavy atom. The van der Waals surface area contributed by atoms with E-state index in [4.69, 9.17) is 5.11 Å². The number of urea groups is 1. The largest absolute Gasteiger partial charge is 0.484 e. The molecule has 1 aromatic carbocycles. The molecule has 0 heterocycles. The zero-order chi connectivity index (χ0) is 17.9. The van der Waals surface area contributed by atoms with Crippen LogP contribution in [0.25, 0.3) is 0 Å². The lowest BCUT2D eigenvalue weighted by molar-refractivity contribution is -0.153. The van der Waals surface area contributed by atoms with Crippen molar-refractivity contribution < 1.29 is 32.6 Å². The maximum Gasteiger partial charge on any atom is 0.422 e. The van der Waals surface area contributed by atoms with Crippen LogP contribution in [0.15, 0.2) is 18.2 Å². The van der Waals surface area contributed by atoms with E-state index in [0.29, 0.717) is 24.1 Å². The van der Waals surface area contributed by atoms with Gasteiger partial charge in [0.05, 0.1) is 5.92 Å². The number of carbonyl (C=O) groups excluding carboxylic acids is 1. The molecule has 24 heavy (non-hydrogen) atoms. The number of rotatable bonds is 5. The van der Waals surface area contributed by atoms with Crippen molar-refractivity contribution in [3.8, 4) is 5.75 Å². The Kier molecular flexibility index (Phi) is 5.20. The number of ether oxygens (including phenoxy) is 1. The number of nitrogens with one attached hydrogen (secondary N) is 2. The van der Waals surface area contributed by atoms with Crippen LogP contribution in [0.4, 0.5) is 23.7 Å². The molecule has 2 rings (SSSR count). The van der Waals surface area contributed by atoms with Crippen LogP contribution in [-0.4, -0.2) is 35.9 Å². The van der Waals surface area contributed by atoms with Gasteiger partial charge in [-0.25, -0.2) is 4.79 Å². The van der Waals surface area contributed by atoms with Gasteiger partial charge in [0.25, 0.3) is 0 Å². The molecule has 0 aliphatic heterocycles. The Hall–Kier alpha value is -2.45. The number of benzene rings is 1. The Labute approximate surface area is 136 Å². The predicted octanol–water partition coefficient (Wildman–Crippen LogP) is 2.92. The van der Waals surface area contributed by atoms with Gasteiger partial charge in [0.15, 0.2) is 6.61 Å². The monoisotopic (exact) mass is 346 g/mol. The molecule has 0 aromatic heterocycles. The Bertz CT molecular complexity index is 628. The van der Waals surface area contributed by atoms with Gasteiger partial charge in [0.2, 0.25) is 0 Å². The van der Waals surface area contributed by atoms with Crippen LogP contribution in [-0.2, 0) is 4.79 Å².